The van der Waals surface area contributed by atoms with Crippen molar-refractivity contribution in [1.82, 2.24) is 20.4 Å². The molecule has 5 heteroatoms. The summed E-state index contributed by atoms with van der Waals surface area (Å²) < 4.78 is 1.94. The summed E-state index contributed by atoms with van der Waals surface area (Å²) in [7, 11) is 1.80. The molecule has 0 aliphatic heterocycles. The van der Waals surface area contributed by atoms with Crippen LogP contribution in [-0.2, 0) is 6.54 Å². The Morgan fingerprint density at radius 2 is 2.04 bits per heavy atom. The maximum absolute atomic E-state index is 4.27. The van der Waals surface area contributed by atoms with Crippen molar-refractivity contribution in [3.05, 3.63) is 53.9 Å². The summed E-state index contributed by atoms with van der Waals surface area (Å²) in [5.74, 6) is 1.29. The van der Waals surface area contributed by atoms with E-state index < -0.39 is 0 Å². The van der Waals surface area contributed by atoms with Gasteiger partial charge in [-0.15, -0.1) is 0 Å². The minimum atomic E-state index is 0.443. The number of rotatable bonds is 7. The lowest BCUT2D eigenvalue weighted by molar-refractivity contribution is 0.569. The smallest absolute Gasteiger partial charge is 0.190 e. The van der Waals surface area contributed by atoms with Crippen LogP contribution in [0.25, 0.3) is 0 Å². The Morgan fingerprint density at radius 1 is 1.26 bits per heavy atom. The lowest BCUT2D eigenvalue weighted by Gasteiger charge is -2.16. The van der Waals surface area contributed by atoms with Crippen LogP contribution in [0.15, 0.2) is 47.7 Å². The van der Waals surface area contributed by atoms with Crippen LogP contribution in [0.5, 0.6) is 0 Å². The van der Waals surface area contributed by atoms with Crippen molar-refractivity contribution in [2.75, 3.05) is 20.1 Å². The Labute approximate surface area is 138 Å². The molecule has 1 aromatic heterocycles. The predicted molar refractivity (Wildman–Crippen MR) is 95.8 cm³/mol. The van der Waals surface area contributed by atoms with E-state index in [2.05, 4.69) is 58.8 Å². The van der Waals surface area contributed by atoms with E-state index in [4.69, 9.17) is 0 Å². The van der Waals surface area contributed by atoms with E-state index in [0.29, 0.717) is 5.92 Å². The molecule has 2 rings (SSSR count). The molecule has 0 bridgehead atoms. The largest absolute Gasteiger partial charge is 0.356 e. The van der Waals surface area contributed by atoms with Crippen molar-refractivity contribution in [3.8, 4) is 0 Å². The van der Waals surface area contributed by atoms with Crippen LogP contribution in [-0.4, -0.2) is 35.9 Å². The molecular weight excluding hydrogens is 286 g/mol. The van der Waals surface area contributed by atoms with Crippen LogP contribution in [0, 0.1) is 6.92 Å². The van der Waals surface area contributed by atoms with Crippen molar-refractivity contribution in [2.24, 2.45) is 4.99 Å². The summed E-state index contributed by atoms with van der Waals surface area (Å²) >= 11 is 0. The van der Waals surface area contributed by atoms with Gasteiger partial charge in [0.1, 0.15) is 0 Å². The molecule has 0 fully saturated rings. The SMILES string of the molecule is CN=C(NCCCn1cccn1)NCC(C)c1ccc(C)cc1. The van der Waals surface area contributed by atoms with E-state index in [9.17, 15) is 0 Å². The molecule has 1 atom stereocenters. The van der Waals surface area contributed by atoms with Crippen LogP contribution in [0.3, 0.4) is 0 Å². The average Bonchev–Trinajstić information content (AvgIpc) is 3.08. The van der Waals surface area contributed by atoms with Gasteiger partial charge in [-0.25, -0.2) is 0 Å². The Kier molecular flexibility index (Phi) is 6.66. The number of guanidine groups is 1. The zero-order valence-electron chi connectivity index (χ0n) is 14.3. The monoisotopic (exact) mass is 313 g/mol. The van der Waals surface area contributed by atoms with E-state index in [1.807, 2.05) is 16.9 Å². The van der Waals surface area contributed by atoms with Gasteiger partial charge >= 0.3 is 0 Å². The number of aryl methyl sites for hydroxylation is 2. The highest BCUT2D eigenvalue weighted by molar-refractivity contribution is 5.79. The second kappa shape index (κ2) is 8.98. The van der Waals surface area contributed by atoms with Gasteiger partial charge in [0.25, 0.3) is 0 Å². The zero-order valence-corrected chi connectivity index (χ0v) is 14.3. The van der Waals surface area contributed by atoms with E-state index >= 15 is 0 Å². The van der Waals surface area contributed by atoms with Crippen molar-refractivity contribution in [1.29, 1.82) is 0 Å². The Bertz CT molecular complexity index is 586. The van der Waals surface area contributed by atoms with E-state index in [1.165, 1.54) is 11.1 Å². The van der Waals surface area contributed by atoms with Crippen LogP contribution in [0.1, 0.15) is 30.4 Å². The Hall–Kier alpha value is -2.30. The number of nitrogens with one attached hydrogen (secondary N) is 2. The van der Waals surface area contributed by atoms with Gasteiger partial charge in [0, 0.05) is 39.1 Å². The number of hydrogen-bond acceptors (Lipinski definition) is 2. The minimum absolute atomic E-state index is 0.443. The van der Waals surface area contributed by atoms with Gasteiger partial charge in [0.05, 0.1) is 0 Å². The maximum Gasteiger partial charge on any atom is 0.190 e. The topological polar surface area (TPSA) is 54.2 Å². The Morgan fingerprint density at radius 3 is 2.70 bits per heavy atom. The van der Waals surface area contributed by atoms with Crippen LogP contribution < -0.4 is 10.6 Å². The van der Waals surface area contributed by atoms with Crippen LogP contribution in [0.2, 0.25) is 0 Å². The molecular formula is C18H27N5. The fraction of sp³-hybridized carbons (Fsp3) is 0.444. The molecule has 0 aliphatic carbocycles. The third kappa shape index (κ3) is 5.77. The number of hydrogen-bond donors (Lipinski definition) is 2. The first kappa shape index (κ1) is 17.1. The van der Waals surface area contributed by atoms with Crippen molar-refractivity contribution >= 4 is 5.96 Å². The summed E-state index contributed by atoms with van der Waals surface area (Å²) in [6, 6.07) is 10.7. The van der Waals surface area contributed by atoms with Crippen molar-refractivity contribution < 1.29 is 0 Å². The zero-order chi connectivity index (χ0) is 16.5. The second-order valence-electron chi connectivity index (χ2n) is 5.81. The van der Waals surface area contributed by atoms with Crippen LogP contribution >= 0.6 is 0 Å². The summed E-state index contributed by atoms with van der Waals surface area (Å²) in [6.07, 6.45) is 4.80. The standard InChI is InChI=1S/C18H27N5/c1-15-6-8-17(9-7-15)16(2)14-21-18(19-3)20-10-4-12-23-13-5-11-22-23/h5-9,11,13,16H,4,10,12,14H2,1-3H3,(H2,19,20,21). The molecule has 0 saturated heterocycles. The van der Waals surface area contributed by atoms with Gasteiger partial charge in [-0.05, 0) is 30.9 Å². The predicted octanol–water partition coefficient (Wildman–Crippen LogP) is 2.55. The summed E-state index contributed by atoms with van der Waals surface area (Å²) in [4.78, 5) is 4.27. The fourth-order valence-corrected chi connectivity index (χ4v) is 2.36. The maximum atomic E-state index is 4.27. The fourth-order valence-electron chi connectivity index (χ4n) is 2.36. The molecule has 2 N–H and O–H groups in total. The van der Waals surface area contributed by atoms with Crippen molar-refractivity contribution in [2.45, 2.75) is 32.7 Å². The van der Waals surface area contributed by atoms with Gasteiger partial charge in [0.15, 0.2) is 5.96 Å². The normalized spacial score (nSPS) is 12.9. The third-order valence-electron chi connectivity index (χ3n) is 3.86. The lowest BCUT2D eigenvalue weighted by Crippen LogP contribution is -2.39. The molecule has 1 unspecified atom stereocenters. The molecule has 23 heavy (non-hydrogen) atoms. The Balaban J connectivity index is 1.69. The van der Waals surface area contributed by atoms with Gasteiger partial charge in [-0.2, -0.15) is 5.10 Å². The van der Waals surface area contributed by atoms with Gasteiger partial charge in [0.2, 0.25) is 0 Å². The van der Waals surface area contributed by atoms with Gasteiger partial charge in [-0.1, -0.05) is 36.8 Å². The molecule has 1 aromatic carbocycles. The first-order valence-corrected chi connectivity index (χ1v) is 8.17. The molecule has 2 aromatic rings. The molecule has 1 heterocycles. The quantitative estimate of drug-likeness (QED) is 0.469. The minimum Gasteiger partial charge on any atom is -0.356 e. The number of benzene rings is 1. The number of nitrogens with zero attached hydrogens (tertiary/aromatic N) is 3. The van der Waals surface area contributed by atoms with Crippen molar-refractivity contribution in [3.63, 3.8) is 0 Å². The van der Waals surface area contributed by atoms with Gasteiger partial charge < -0.3 is 10.6 Å². The van der Waals surface area contributed by atoms with E-state index in [0.717, 1.165) is 32.0 Å². The first-order valence-electron chi connectivity index (χ1n) is 8.17. The third-order valence-corrected chi connectivity index (χ3v) is 3.86. The highest BCUT2D eigenvalue weighted by Crippen LogP contribution is 2.14. The molecule has 5 nitrogen and oxygen atoms in total. The molecule has 0 amide bonds. The summed E-state index contributed by atoms with van der Waals surface area (Å²) in [5.41, 5.74) is 2.64. The molecule has 0 saturated carbocycles. The summed E-state index contributed by atoms with van der Waals surface area (Å²) in [6.45, 7) is 6.99. The second-order valence-corrected chi connectivity index (χ2v) is 5.81. The molecule has 124 valence electrons. The van der Waals surface area contributed by atoms with E-state index in [1.54, 1.807) is 13.2 Å². The molecule has 0 aliphatic rings. The summed E-state index contributed by atoms with van der Waals surface area (Å²) in [5, 5.41) is 10.9. The molecule has 0 spiro atoms. The lowest BCUT2D eigenvalue weighted by atomic mass is 10.0. The van der Waals surface area contributed by atoms with Crippen LogP contribution in [0.4, 0.5) is 0 Å². The number of aliphatic imine (C=N–C) groups is 1. The average molecular weight is 313 g/mol. The first-order chi connectivity index (χ1) is 11.2. The van der Waals surface area contributed by atoms with Gasteiger partial charge in [-0.3, -0.25) is 9.67 Å². The highest BCUT2D eigenvalue weighted by atomic mass is 15.3. The number of aromatic nitrogens is 2. The highest BCUT2D eigenvalue weighted by Gasteiger charge is 2.06. The van der Waals surface area contributed by atoms with E-state index in [-0.39, 0.29) is 0 Å². The molecule has 0 radical (unpaired) electrons.